The number of allylic oxidation sites excluding steroid dienone is 2. The van der Waals surface area contributed by atoms with E-state index in [1.165, 1.54) is 42.9 Å². The SMILES string of the molecule is C/C=C(\O/C=C\C=O)C(=O)NC(C)C1[C@@H](C)CC2(C)C3Cc4ccc(O)cc4C12CCN3CC1CC1. The van der Waals surface area contributed by atoms with Crippen LogP contribution in [0.2, 0.25) is 0 Å². The van der Waals surface area contributed by atoms with E-state index in [4.69, 9.17) is 4.74 Å². The lowest BCUT2D eigenvalue weighted by atomic mass is 9.48. The molecule has 36 heavy (non-hydrogen) atoms. The third kappa shape index (κ3) is 3.89. The number of nitrogens with zero attached hydrogens (tertiary/aromatic N) is 1. The van der Waals surface area contributed by atoms with Crippen LogP contribution in [0.5, 0.6) is 5.75 Å². The number of hydrogen-bond donors (Lipinski definition) is 2. The molecule has 2 N–H and O–H groups in total. The molecule has 0 radical (unpaired) electrons. The lowest BCUT2D eigenvalue weighted by Crippen LogP contribution is -2.67. The highest BCUT2D eigenvalue weighted by atomic mass is 16.5. The molecule has 194 valence electrons. The van der Waals surface area contributed by atoms with Gasteiger partial charge in [-0.05, 0) is 105 Å². The highest BCUT2D eigenvalue weighted by molar-refractivity contribution is 5.91. The molecular formula is C30H40N2O4. The predicted molar refractivity (Wildman–Crippen MR) is 139 cm³/mol. The van der Waals surface area contributed by atoms with Crippen molar-refractivity contribution in [1.29, 1.82) is 0 Å². The number of hydrogen-bond acceptors (Lipinski definition) is 5. The molecule has 6 heteroatoms. The van der Waals surface area contributed by atoms with Crippen LogP contribution in [-0.4, -0.2) is 47.4 Å². The molecule has 3 fully saturated rings. The summed E-state index contributed by atoms with van der Waals surface area (Å²) in [6.07, 6.45) is 10.6. The van der Waals surface area contributed by atoms with Crippen molar-refractivity contribution in [2.75, 3.05) is 13.1 Å². The zero-order valence-corrected chi connectivity index (χ0v) is 22.0. The summed E-state index contributed by atoms with van der Waals surface area (Å²) in [6.45, 7) is 11.0. The van der Waals surface area contributed by atoms with E-state index in [0.29, 0.717) is 24.0 Å². The summed E-state index contributed by atoms with van der Waals surface area (Å²) in [5.41, 5.74) is 2.59. The third-order valence-electron chi connectivity index (χ3n) is 9.83. The Kier molecular flexibility index (Phi) is 6.52. The van der Waals surface area contributed by atoms with Gasteiger partial charge in [0.05, 0.1) is 6.26 Å². The number of rotatable bonds is 8. The molecule has 1 amide bonds. The fourth-order valence-corrected chi connectivity index (χ4v) is 8.49. The Balaban J connectivity index is 1.51. The summed E-state index contributed by atoms with van der Waals surface area (Å²) >= 11 is 0. The Morgan fingerprint density at radius 3 is 2.83 bits per heavy atom. The van der Waals surface area contributed by atoms with Gasteiger partial charge >= 0.3 is 0 Å². The van der Waals surface area contributed by atoms with Gasteiger partial charge < -0.3 is 15.2 Å². The summed E-state index contributed by atoms with van der Waals surface area (Å²) in [5, 5.41) is 13.8. The van der Waals surface area contributed by atoms with E-state index < -0.39 is 0 Å². The molecule has 5 unspecified atom stereocenters. The van der Waals surface area contributed by atoms with Gasteiger partial charge in [-0.2, -0.15) is 0 Å². The number of carbonyl (C=O) groups excluding carboxylic acids is 2. The van der Waals surface area contributed by atoms with Gasteiger partial charge in [-0.1, -0.05) is 19.9 Å². The number of phenols is 1. The zero-order chi connectivity index (χ0) is 25.7. The quantitative estimate of drug-likeness (QED) is 0.318. The Hall–Kier alpha value is -2.60. The minimum atomic E-state index is -0.271. The van der Waals surface area contributed by atoms with Crippen molar-refractivity contribution in [3.8, 4) is 5.75 Å². The van der Waals surface area contributed by atoms with Gasteiger partial charge in [0.2, 0.25) is 0 Å². The highest BCUT2D eigenvalue weighted by Crippen LogP contribution is 2.69. The zero-order valence-electron chi connectivity index (χ0n) is 22.0. The van der Waals surface area contributed by atoms with Gasteiger partial charge in [0, 0.05) is 30.1 Å². The molecule has 5 rings (SSSR count). The van der Waals surface area contributed by atoms with E-state index in [9.17, 15) is 14.7 Å². The second-order valence-corrected chi connectivity index (χ2v) is 11.8. The molecule has 2 saturated carbocycles. The fourth-order valence-electron chi connectivity index (χ4n) is 8.49. The summed E-state index contributed by atoms with van der Waals surface area (Å²) in [7, 11) is 0. The van der Waals surface area contributed by atoms with Crippen LogP contribution in [0, 0.1) is 23.2 Å². The van der Waals surface area contributed by atoms with E-state index in [2.05, 4.69) is 37.1 Å². The number of phenolic OH excluding ortho intramolecular Hbond substituents is 1. The van der Waals surface area contributed by atoms with Crippen LogP contribution < -0.4 is 5.32 Å². The normalized spacial score (nSPS) is 34.7. The smallest absolute Gasteiger partial charge is 0.286 e. The molecule has 0 spiro atoms. The first kappa shape index (κ1) is 25.1. The first-order valence-corrected chi connectivity index (χ1v) is 13.6. The number of ether oxygens (including phenoxy) is 1. The highest BCUT2D eigenvalue weighted by Gasteiger charge is 2.69. The number of amides is 1. The summed E-state index contributed by atoms with van der Waals surface area (Å²) in [5.74, 6) is 1.72. The maximum atomic E-state index is 13.2. The van der Waals surface area contributed by atoms with Crippen LogP contribution in [0.15, 0.2) is 42.4 Å². The van der Waals surface area contributed by atoms with E-state index in [-0.39, 0.29) is 34.5 Å². The minimum absolute atomic E-state index is 0.0661. The number of aldehydes is 1. The maximum Gasteiger partial charge on any atom is 0.286 e. The molecule has 1 saturated heterocycles. The molecular weight excluding hydrogens is 452 g/mol. The predicted octanol–water partition coefficient (Wildman–Crippen LogP) is 4.47. The van der Waals surface area contributed by atoms with Crippen molar-refractivity contribution in [3.63, 3.8) is 0 Å². The molecule has 4 aliphatic rings. The Bertz CT molecular complexity index is 1090. The van der Waals surface area contributed by atoms with Crippen LogP contribution in [0.4, 0.5) is 0 Å². The lowest BCUT2D eigenvalue weighted by molar-refractivity contribution is -0.121. The lowest BCUT2D eigenvalue weighted by Gasteiger charge is -2.63. The standard InChI is InChI=1S/C30H40N2O4/c1-5-25(36-14-6-13-33)28(35)31-20(3)27-19(2)17-29(4)26-15-22-9-10-23(34)16-24(22)30(27,29)11-12-32(26)18-21-7-8-21/h5-6,9-10,13-14,16,19-21,26-27,34H,7-8,11-12,15,17-18H2,1-4H3,(H,31,35)/b14-6-,25-5-/t19-,20?,26?,27?,29?,30?/m0/s1. The average molecular weight is 493 g/mol. The van der Waals surface area contributed by atoms with E-state index in [0.717, 1.165) is 31.7 Å². The Morgan fingerprint density at radius 2 is 2.14 bits per heavy atom. The number of piperidine rings is 1. The van der Waals surface area contributed by atoms with Crippen molar-refractivity contribution < 1.29 is 19.4 Å². The second-order valence-electron chi connectivity index (χ2n) is 11.8. The third-order valence-corrected chi connectivity index (χ3v) is 9.83. The molecule has 6 nitrogen and oxygen atoms in total. The van der Waals surface area contributed by atoms with Gasteiger partial charge in [0.25, 0.3) is 5.91 Å². The van der Waals surface area contributed by atoms with Crippen LogP contribution >= 0.6 is 0 Å². The summed E-state index contributed by atoms with van der Waals surface area (Å²) in [4.78, 5) is 26.5. The van der Waals surface area contributed by atoms with E-state index >= 15 is 0 Å². The average Bonchev–Trinajstić information content (AvgIpc) is 3.60. The molecule has 3 aliphatic carbocycles. The first-order valence-electron chi connectivity index (χ1n) is 13.6. The minimum Gasteiger partial charge on any atom is -0.508 e. The molecule has 2 bridgehead atoms. The van der Waals surface area contributed by atoms with Gasteiger partial charge in [-0.3, -0.25) is 14.5 Å². The van der Waals surface area contributed by atoms with Crippen molar-refractivity contribution in [1.82, 2.24) is 10.2 Å². The van der Waals surface area contributed by atoms with E-state index in [1.54, 1.807) is 13.0 Å². The summed E-state index contributed by atoms with van der Waals surface area (Å²) < 4.78 is 5.42. The molecule has 0 aromatic heterocycles. The Labute approximate surface area is 214 Å². The van der Waals surface area contributed by atoms with Crippen LogP contribution in [0.1, 0.15) is 64.5 Å². The molecule has 1 aromatic carbocycles. The largest absolute Gasteiger partial charge is 0.508 e. The summed E-state index contributed by atoms with van der Waals surface area (Å²) in [6, 6.07) is 6.37. The molecule has 1 aromatic rings. The molecule has 6 atom stereocenters. The first-order chi connectivity index (χ1) is 17.2. The van der Waals surface area contributed by atoms with Crippen molar-refractivity contribution in [2.24, 2.45) is 23.2 Å². The Morgan fingerprint density at radius 1 is 1.36 bits per heavy atom. The van der Waals surface area contributed by atoms with Crippen LogP contribution in [0.3, 0.4) is 0 Å². The van der Waals surface area contributed by atoms with Crippen molar-refractivity contribution in [3.05, 3.63) is 53.5 Å². The van der Waals surface area contributed by atoms with Gasteiger partial charge in [-0.25, -0.2) is 0 Å². The molecule has 1 aliphatic heterocycles. The number of carbonyl (C=O) groups is 2. The van der Waals surface area contributed by atoms with Crippen molar-refractivity contribution in [2.45, 2.75) is 77.3 Å². The second kappa shape index (κ2) is 9.37. The number of benzene rings is 1. The number of likely N-dealkylation sites (tertiary alicyclic amines) is 1. The number of fused-ring (bicyclic) bond motifs is 1. The maximum absolute atomic E-state index is 13.2. The number of aromatic hydroxyl groups is 1. The van der Waals surface area contributed by atoms with Gasteiger partial charge in [0.15, 0.2) is 5.76 Å². The van der Waals surface area contributed by atoms with Crippen LogP contribution in [-0.2, 0) is 26.2 Å². The topological polar surface area (TPSA) is 78.9 Å². The fraction of sp³-hybridized carbons (Fsp3) is 0.600. The number of nitrogens with one attached hydrogen (secondary N) is 1. The monoisotopic (exact) mass is 492 g/mol. The van der Waals surface area contributed by atoms with Gasteiger partial charge in [-0.15, -0.1) is 0 Å². The van der Waals surface area contributed by atoms with Gasteiger partial charge in [0.1, 0.15) is 12.0 Å². The van der Waals surface area contributed by atoms with E-state index in [1.807, 2.05) is 12.1 Å². The van der Waals surface area contributed by atoms with Crippen molar-refractivity contribution >= 4 is 12.2 Å². The molecule has 1 heterocycles. The van der Waals surface area contributed by atoms with Crippen LogP contribution in [0.25, 0.3) is 0 Å².